The Morgan fingerprint density at radius 2 is 1.94 bits per heavy atom. The Morgan fingerprint density at radius 3 is 2.69 bits per heavy atom. The molecule has 1 aliphatic rings. The van der Waals surface area contributed by atoms with E-state index >= 15 is 0 Å². The molecule has 180 valence electrons. The molecule has 0 bridgehead atoms. The van der Waals surface area contributed by atoms with Crippen molar-refractivity contribution in [2.45, 2.75) is 38.4 Å². The summed E-state index contributed by atoms with van der Waals surface area (Å²) in [4.78, 5) is 17.6. The van der Waals surface area contributed by atoms with Gasteiger partial charge in [-0.3, -0.25) is 4.57 Å². The summed E-state index contributed by atoms with van der Waals surface area (Å²) in [6.45, 7) is 2.48. The van der Waals surface area contributed by atoms with Crippen molar-refractivity contribution in [3.8, 4) is 11.7 Å². The summed E-state index contributed by atoms with van der Waals surface area (Å²) < 4.78 is 49.6. The molecule has 3 aromatic heterocycles. The molecule has 4 aromatic rings. The monoisotopic (exact) mass is 481 g/mol. The Bertz CT molecular complexity index is 1390. The molecule has 11 heteroatoms. The van der Waals surface area contributed by atoms with Gasteiger partial charge in [-0.2, -0.15) is 18.3 Å². The van der Waals surface area contributed by atoms with E-state index < -0.39 is 17.7 Å². The standard InChI is InChI=1S/C24H22F3N7O/c1-15-13-33(14-29-15)22-23(35-2)30-16(12-28-22)9-10-20-31-21-18(7-5-11-34(21)32-20)17-6-3-4-8-19(17)24(25,26)27/h3-4,6,8-10,12-14,18H,5,7,11H2,1-2H3/b10-9+/t18-/m1/s1. The van der Waals surface area contributed by atoms with E-state index in [9.17, 15) is 13.2 Å². The number of rotatable bonds is 5. The lowest BCUT2D eigenvalue weighted by Crippen LogP contribution is -2.21. The van der Waals surface area contributed by atoms with Crippen LogP contribution >= 0.6 is 0 Å². The van der Waals surface area contributed by atoms with Gasteiger partial charge in [0.05, 0.1) is 30.3 Å². The van der Waals surface area contributed by atoms with Crippen LogP contribution in [-0.2, 0) is 12.7 Å². The van der Waals surface area contributed by atoms with E-state index in [-0.39, 0.29) is 5.56 Å². The third-order valence-corrected chi connectivity index (χ3v) is 5.83. The Kier molecular flexibility index (Phi) is 5.83. The molecule has 0 amide bonds. The number of nitrogens with zero attached hydrogens (tertiary/aromatic N) is 7. The summed E-state index contributed by atoms with van der Waals surface area (Å²) >= 11 is 0. The minimum atomic E-state index is -4.43. The van der Waals surface area contributed by atoms with Crippen LogP contribution in [0, 0.1) is 6.92 Å². The van der Waals surface area contributed by atoms with Crippen LogP contribution < -0.4 is 4.74 Å². The molecule has 5 rings (SSSR count). The van der Waals surface area contributed by atoms with Gasteiger partial charge < -0.3 is 4.74 Å². The number of ether oxygens (including phenoxy) is 1. The number of aryl methyl sites for hydroxylation is 2. The molecule has 0 N–H and O–H groups in total. The van der Waals surface area contributed by atoms with Crippen molar-refractivity contribution in [1.29, 1.82) is 0 Å². The number of fused-ring (bicyclic) bond motifs is 1. The minimum Gasteiger partial charge on any atom is -0.478 e. The molecule has 0 fully saturated rings. The van der Waals surface area contributed by atoms with E-state index in [0.717, 1.165) is 11.8 Å². The average molecular weight is 481 g/mol. The van der Waals surface area contributed by atoms with E-state index in [1.165, 1.54) is 19.2 Å². The second-order valence-electron chi connectivity index (χ2n) is 8.21. The number of hydrogen-bond donors (Lipinski definition) is 0. The van der Waals surface area contributed by atoms with Crippen LogP contribution in [0.5, 0.6) is 5.88 Å². The molecule has 1 aliphatic heterocycles. The molecule has 0 spiro atoms. The quantitative estimate of drug-likeness (QED) is 0.411. The maximum atomic E-state index is 13.6. The van der Waals surface area contributed by atoms with Crippen LogP contribution in [0.2, 0.25) is 0 Å². The topological polar surface area (TPSA) is 83.5 Å². The highest BCUT2D eigenvalue weighted by Gasteiger charge is 2.37. The van der Waals surface area contributed by atoms with Crippen molar-refractivity contribution >= 4 is 12.2 Å². The van der Waals surface area contributed by atoms with Crippen LogP contribution in [-0.4, -0.2) is 41.4 Å². The lowest BCUT2D eigenvalue weighted by atomic mass is 9.88. The van der Waals surface area contributed by atoms with E-state index in [1.54, 1.807) is 40.0 Å². The highest BCUT2D eigenvalue weighted by Crippen LogP contribution is 2.40. The van der Waals surface area contributed by atoms with Crippen LogP contribution in [0.4, 0.5) is 13.2 Å². The maximum Gasteiger partial charge on any atom is 0.416 e. The average Bonchev–Trinajstić information content (AvgIpc) is 3.47. The molecule has 0 aliphatic carbocycles. The van der Waals surface area contributed by atoms with Gasteiger partial charge in [-0.05, 0) is 43.5 Å². The van der Waals surface area contributed by atoms with Gasteiger partial charge in [0, 0.05) is 18.7 Å². The summed E-state index contributed by atoms with van der Waals surface area (Å²) in [7, 11) is 1.51. The Morgan fingerprint density at radius 1 is 1.11 bits per heavy atom. The van der Waals surface area contributed by atoms with Crippen LogP contribution in [0.15, 0.2) is 43.0 Å². The van der Waals surface area contributed by atoms with Crippen molar-refractivity contribution in [3.63, 3.8) is 0 Å². The Labute approximate surface area is 199 Å². The fourth-order valence-corrected chi connectivity index (χ4v) is 4.26. The Hall–Kier alpha value is -4.02. The first-order valence-corrected chi connectivity index (χ1v) is 11.0. The predicted octanol–water partition coefficient (Wildman–Crippen LogP) is 4.69. The molecule has 0 radical (unpaired) electrons. The molecular weight excluding hydrogens is 459 g/mol. The largest absolute Gasteiger partial charge is 0.478 e. The first kappa shape index (κ1) is 22.8. The number of hydrogen-bond acceptors (Lipinski definition) is 6. The van der Waals surface area contributed by atoms with Gasteiger partial charge in [-0.1, -0.05) is 18.2 Å². The number of halogens is 3. The van der Waals surface area contributed by atoms with Crippen molar-refractivity contribution < 1.29 is 17.9 Å². The van der Waals surface area contributed by atoms with E-state index in [0.29, 0.717) is 48.4 Å². The summed E-state index contributed by atoms with van der Waals surface area (Å²) in [6, 6.07) is 5.68. The molecule has 35 heavy (non-hydrogen) atoms. The zero-order valence-electron chi connectivity index (χ0n) is 19.1. The van der Waals surface area contributed by atoms with Crippen molar-refractivity contribution in [1.82, 2.24) is 34.3 Å². The first-order chi connectivity index (χ1) is 16.8. The fraction of sp³-hybridized carbons (Fsp3) is 0.292. The molecule has 0 saturated carbocycles. The zero-order valence-corrected chi connectivity index (χ0v) is 19.1. The smallest absolute Gasteiger partial charge is 0.416 e. The van der Waals surface area contributed by atoms with Gasteiger partial charge >= 0.3 is 6.18 Å². The Balaban J connectivity index is 1.43. The molecule has 4 heterocycles. The highest BCUT2D eigenvalue weighted by molar-refractivity contribution is 5.64. The van der Waals surface area contributed by atoms with Crippen LogP contribution in [0.3, 0.4) is 0 Å². The molecule has 1 atom stereocenters. The highest BCUT2D eigenvalue weighted by atomic mass is 19.4. The fourth-order valence-electron chi connectivity index (χ4n) is 4.26. The second-order valence-corrected chi connectivity index (χ2v) is 8.21. The van der Waals surface area contributed by atoms with Crippen molar-refractivity contribution in [2.75, 3.05) is 7.11 Å². The third kappa shape index (κ3) is 4.53. The number of benzene rings is 1. The molecule has 0 unspecified atom stereocenters. The second kappa shape index (κ2) is 8.97. The molecule has 0 saturated heterocycles. The van der Waals surface area contributed by atoms with Crippen molar-refractivity contribution in [3.05, 3.63) is 77.2 Å². The maximum absolute atomic E-state index is 13.6. The third-order valence-electron chi connectivity index (χ3n) is 5.83. The predicted molar refractivity (Wildman–Crippen MR) is 122 cm³/mol. The number of alkyl halides is 3. The minimum absolute atomic E-state index is 0.227. The summed E-state index contributed by atoms with van der Waals surface area (Å²) in [6.07, 6.45) is 5.25. The SMILES string of the molecule is COc1nc(/C=C/c2nc3n(n2)CCC[C@@H]3c2ccccc2C(F)(F)F)cnc1-n1cnc(C)c1. The molecule has 1 aromatic carbocycles. The van der Waals surface area contributed by atoms with Crippen LogP contribution in [0.1, 0.15) is 52.9 Å². The van der Waals surface area contributed by atoms with Gasteiger partial charge in [-0.15, -0.1) is 0 Å². The van der Waals surface area contributed by atoms with E-state index in [1.807, 2.05) is 13.1 Å². The number of aromatic nitrogens is 7. The number of imidazole rings is 1. The van der Waals surface area contributed by atoms with Crippen molar-refractivity contribution in [2.24, 2.45) is 0 Å². The van der Waals surface area contributed by atoms with Crippen LogP contribution in [0.25, 0.3) is 18.0 Å². The van der Waals surface area contributed by atoms with Gasteiger partial charge in [0.15, 0.2) is 5.82 Å². The first-order valence-electron chi connectivity index (χ1n) is 11.0. The zero-order chi connectivity index (χ0) is 24.6. The summed E-state index contributed by atoms with van der Waals surface area (Å²) in [5.74, 6) is 1.28. The van der Waals surface area contributed by atoms with E-state index in [2.05, 4.69) is 25.0 Å². The summed E-state index contributed by atoms with van der Waals surface area (Å²) in [5, 5.41) is 4.49. The van der Waals surface area contributed by atoms with Gasteiger partial charge in [0.2, 0.25) is 5.82 Å². The van der Waals surface area contributed by atoms with Gasteiger partial charge in [0.25, 0.3) is 5.88 Å². The van der Waals surface area contributed by atoms with E-state index in [4.69, 9.17) is 4.74 Å². The summed E-state index contributed by atoms with van der Waals surface area (Å²) in [5.41, 5.74) is 0.955. The molecule has 8 nitrogen and oxygen atoms in total. The lowest BCUT2D eigenvalue weighted by Gasteiger charge is -2.25. The number of methoxy groups -OCH3 is 1. The van der Waals surface area contributed by atoms with Gasteiger partial charge in [0.1, 0.15) is 12.2 Å². The molecular formula is C24H22F3N7O. The van der Waals surface area contributed by atoms with Gasteiger partial charge in [-0.25, -0.2) is 24.6 Å². The lowest BCUT2D eigenvalue weighted by molar-refractivity contribution is -0.138. The normalized spacial score (nSPS) is 16.0.